The van der Waals surface area contributed by atoms with Crippen LogP contribution in [0, 0.1) is 0 Å². The van der Waals surface area contributed by atoms with Crippen molar-refractivity contribution in [2.24, 2.45) is 5.73 Å². The highest BCUT2D eigenvalue weighted by Gasteiger charge is 2.16. The monoisotopic (exact) mass is 222 g/mol. The molecular formula is C12H18N2O2. The lowest BCUT2D eigenvalue weighted by molar-refractivity contribution is -0.123. The maximum atomic E-state index is 11.5. The third-order valence-electron chi connectivity index (χ3n) is 2.27. The fraction of sp³-hybridized carbons (Fsp3) is 0.417. The molecule has 1 aromatic rings. The van der Waals surface area contributed by atoms with Crippen LogP contribution in [0.5, 0.6) is 0 Å². The topological polar surface area (TPSA) is 64.3 Å². The Morgan fingerprint density at radius 1 is 1.44 bits per heavy atom. The molecule has 0 unspecified atom stereocenters. The Hall–Kier alpha value is -1.39. The van der Waals surface area contributed by atoms with Crippen molar-refractivity contribution in [3.8, 4) is 0 Å². The zero-order valence-corrected chi connectivity index (χ0v) is 9.64. The molecule has 0 aliphatic carbocycles. The van der Waals surface area contributed by atoms with Crippen LogP contribution in [0.1, 0.15) is 18.5 Å². The lowest BCUT2D eigenvalue weighted by Gasteiger charge is -2.19. The molecule has 0 fully saturated rings. The average molecular weight is 222 g/mol. The van der Waals surface area contributed by atoms with Crippen LogP contribution < -0.4 is 11.1 Å². The van der Waals surface area contributed by atoms with Gasteiger partial charge < -0.3 is 15.8 Å². The first-order valence-corrected chi connectivity index (χ1v) is 5.25. The predicted molar refractivity (Wildman–Crippen MR) is 62.9 cm³/mol. The zero-order valence-electron chi connectivity index (χ0n) is 9.64. The maximum absolute atomic E-state index is 11.5. The van der Waals surface area contributed by atoms with E-state index in [2.05, 4.69) is 5.32 Å². The minimum atomic E-state index is -0.511. The molecule has 0 saturated heterocycles. The minimum absolute atomic E-state index is 0.148. The second-order valence-electron chi connectivity index (χ2n) is 3.72. The number of hydrogen-bond donors (Lipinski definition) is 2. The molecule has 2 atom stereocenters. The van der Waals surface area contributed by atoms with Crippen molar-refractivity contribution in [3.05, 3.63) is 35.9 Å². The van der Waals surface area contributed by atoms with Gasteiger partial charge in [0.05, 0.1) is 18.7 Å². The Labute approximate surface area is 95.8 Å². The van der Waals surface area contributed by atoms with Crippen molar-refractivity contribution in [1.82, 2.24) is 5.32 Å². The standard InChI is InChI=1S/C12H18N2O2/c1-9(13)12(15)14-11(8-16-2)10-6-4-3-5-7-10/h3-7,9,11H,8,13H2,1-2H3,(H,14,15)/t9-,11+/m0/s1. The summed E-state index contributed by atoms with van der Waals surface area (Å²) in [5, 5.41) is 2.84. The molecule has 88 valence electrons. The van der Waals surface area contributed by atoms with Crippen LogP contribution in [0.4, 0.5) is 0 Å². The molecule has 1 aromatic carbocycles. The van der Waals surface area contributed by atoms with Crippen molar-refractivity contribution in [1.29, 1.82) is 0 Å². The molecule has 0 heterocycles. The maximum Gasteiger partial charge on any atom is 0.237 e. The van der Waals surface area contributed by atoms with Gasteiger partial charge in [0.1, 0.15) is 0 Å². The summed E-state index contributed by atoms with van der Waals surface area (Å²) in [7, 11) is 1.61. The van der Waals surface area contributed by atoms with E-state index < -0.39 is 6.04 Å². The first-order chi connectivity index (χ1) is 7.65. The van der Waals surface area contributed by atoms with E-state index in [9.17, 15) is 4.79 Å². The molecule has 0 spiro atoms. The lowest BCUT2D eigenvalue weighted by Crippen LogP contribution is -2.41. The normalized spacial score (nSPS) is 14.2. The number of rotatable bonds is 5. The number of ether oxygens (including phenoxy) is 1. The summed E-state index contributed by atoms with van der Waals surface area (Å²) in [6, 6.07) is 9.02. The summed E-state index contributed by atoms with van der Waals surface area (Å²) in [5.41, 5.74) is 6.52. The second-order valence-corrected chi connectivity index (χ2v) is 3.72. The smallest absolute Gasteiger partial charge is 0.237 e. The molecule has 0 bridgehead atoms. The van der Waals surface area contributed by atoms with E-state index in [1.807, 2.05) is 30.3 Å². The first kappa shape index (κ1) is 12.7. The molecule has 0 radical (unpaired) electrons. The van der Waals surface area contributed by atoms with Gasteiger partial charge in [0.15, 0.2) is 0 Å². The van der Waals surface area contributed by atoms with Crippen LogP contribution in [-0.2, 0) is 9.53 Å². The summed E-state index contributed by atoms with van der Waals surface area (Å²) in [6.07, 6.45) is 0. The third kappa shape index (κ3) is 3.64. The number of nitrogens with one attached hydrogen (secondary N) is 1. The molecular weight excluding hydrogens is 204 g/mol. The van der Waals surface area contributed by atoms with E-state index >= 15 is 0 Å². The summed E-state index contributed by atoms with van der Waals surface area (Å²) < 4.78 is 5.08. The molecule has 0 saturated carbocycles. The molecule has 4 heteroatoms. The number of nitrogens with two attached hydrogens (primary N) is 1. The lowest BCUT2D eigenvalue weighted by atomic mass is 10.1. The van der Waals surface area contributed by atoms with Crippen molar-refractivity contribution < 1.29 is 9.53 Å². The predicted octanol–water partition coefficient (Wildman–Crippen LogP) is 0.838. The van der Waals surface area contributed by atoms with Gasteiger partial charge in [-0.2, -0.15) is 0 Å². The Kier molecular flexibility index (Phi) is 4.95. The number of methoxy groups -OCH3 is 1. The van der Waals surface area contributed by atoms with Crippen LogP contribution in [-0.4, -0.2) is 25.7 Å². The van der Waals surface area contributed by atoms with Crippen molar-refractivity contribution in [3.63, 3.8) is 0 Å². The summed E-state index contributed by atoms with van der Waals surface area (Å²) >= 11 is 0. The van der Waals surface area contributed by atoms with Crippen molar-refractivity contribution >= 4 is 5.91 Å². The van der Waals surface area contributed by atoms with Crippen LogP contribution in [0.15, 0.2) is 30.3 Å². The third-order valence-corrected chi connectivity index (χ3v) is 2.27. The highest BCUT2D eigenvalue weighted by molar-refractivity contribution is 5.81. The van der Waals surface area contributed by atoms with Crippen LogP contribution in [0.2, 0.25) is 0 Å². The second kappa shape index (κ2) is 6.25. The Balaban J connectivity index is 2.72. The molecule has 4 nitrogen and oxygen atoms in total. The van der Waals surface area contributed by atoms with E-state index in [1.54, 1.807) is 14.0 Å². The van der Waals surface area contributed by atoms with Gasteiger partial charge in [-0.3, -0.25) is 4.79 Å². The van der Waals surface area contributed by atoms with Gasteiger partial charge in [-0.25, -0.2) is 0 Å². The van der Waals surface area contributed by atoms with Gasteiger partial charge in [0.2, 0.25) is 5.91 Å². The largest absolute Gasteiger partial charge is 0.382 e. The Morgan fingerprint density at radius 2 is 2.06 bits per heavy atom. The van der Waals surface area contributed by atoms with E-state index in [1.165, 1.54) is 0 Å². The highest BCUT2D eigenvalue weighted by Crippen LogP contribution is 2.12. The van der Waals surface area contributed by atoms with Gasteiger partial charge in [0.25, 0.3) is 0 Å². The van der Waals surface area contributed by atoms with Crippen molar-refractivity contribution in [2.75, 3.05) is 13.7 Å². The Bertz CT molecular complexity index is 325. The molecule has 1 rings (SSSR count). The first-order valence-electron chi connectivity index (χ1n) is 5.25. The van der Waals surface area contributed by atoms with Crippen LogP contribution in [0.25, 0.3) is 0 Å². The van der Waals surface area contributed by atoms with Gasteiger partial charge in [-0.15, -0.1) is 0 Å². The molecule has 16 heavy (non-hydrogen) atoms. The summed E-state index contributed by atoms with van der Waals surface area (Å²) in [5.74, 6) is -0.175. The van der Waals surface area contributed by atoms with Crippen molar-refractivity contribution in [2.45, 2.75) is 19.0 Å². The zero-order chi connectivity index (χ0) is 12.0. The highest BCUT2D eigenvalue weighted by atomic mass is 16.5. The number of carbonyl (C=O) groups is 1. The molecule has 1 amide bonds. The average Bonchev–Trinajstić information content (AvgIpc) is 2.29. The fourth-order valence-corrected chi connectivity index (χ4v) is 1.38. The fourth-order valence-electron chi connectivity index (χ4n) is 1.38. The molecule has 0 aromatic heterocycles. The van der Waals surface area contributed by atoms with Gasteiger partial charge >= 0.3 is 0 Å². The van der Waals surface area contributed by atoms with E-state index in [0.717, 1.165) is 5.56 Å². The quantitative estimate of drug-likeness (QED) is 0.776. The summed E-state index contributed by atoms with van der Waals surface area (Å²) in [4.78, 5) is 11.5. The number of benzene rings is 1. The SMILES string of the molecule is COC[C@@H](NC(=O)[C@H](C)N)c1ccccc1. The molecule has 3 N–H and O–H groups in total. The van der Waals surface area contributed by atoms with E-state index in [0.29, 0.717) is 6.61 Å². The Morgan fingerprint density at radius 3 is 2.56 bits per heavy atom. The number of carbonyl (C=O) groups excluding carboxylic acids is 1. The molecule has 0 aliphatic heterocycles. The van der Waals surface area contributed by atoms with Gasteiger partial charge in [-0.1, -0.05) is 30.3 Å². The number of hydrogen-bond acceptors (Lipinski definition) is 3. The van der Waals surface area contributed by atoms with Gasteiger partial charge in [0, 0.05) is 7.11 Å². The van der Waals surface area contributed by atoms with Gasteiger partial charge in [-0.05, 0) is 12.5 Å². The minimum Gasteiger partial charge on any atom is -0.382 e. The van der Waals surface area contributed by atoms with E-state index in [4.69, 9.17) is 10.5 Å². The number of amides is 1. The van der Waals surface area contributed by atoms with Crippen LogP contribution >= 0.6 is 0 Å². The summed E-state index contributed by atoms with van der Waals surface area (Å²) in [6.45, 7) is 2.09. The van der Waals surface area contributed by atoms with Crippen LogP contribution in [0.3, 0.4) is 0 Å². The molecule has 0 aliphatic rings. The van der Waals surface area contributed by atoms with E-state index in [-0.39, 0.29) is 11.9 Å².